The SMILES string of the molecule is CC(=O)Nc1ccc(NC(=O)CN(c2cccc(C)c2)S(=O)(=O)c2ccccc2)cc1. The number of rotatable bonds is 7. The van der Waals surface area contributed by atoms with E-state index in [0.29, 0.717) is 17.1 Å². The maximum absolute atomic E-state index is 13.3. The third-order valence-electron chi connectivity index (χ3n) is 4.40. The first-order chi connectivity index (χ1) is 14.8. The van der Waals surface area contributed by atoms with E-state index in [4.69, 9.17) is 0 Å². The predicted octanol–water partition coefficient (Wildman–Crippen LogP) is 3.79. The first kappa shape index (κ1) is 22.0. The molecule has 0 spiro atoms. The maximum atomic E-state index is 13.3. The Balaban J connectivity index is 1.85. The molecular weight excluding hydrogens is 414 g/mol. The number of hydrogen-bond acceptors (Lipinski definition) is 4. The van der Waals surface area contributed by atoms with Crippen LogP contribution in [0.15, 0.2) is 83.8 Å². The van der Waals surface area contributed by atoms with Gasteiger partial charge < -0.3 is 10.6 Å². The summed E-state index contributed by atoms with van der Waals surface area (Å²) in [5.74, 6) is -0.690. The standard InChI is InChI=1S/C23H23N3O4S/c1-17-7-6-8-21(15-17)26(31(29,30)22-9-4-3-5-10-22)16-23(28)25-20-13-11-19(12-14-20)24-18(2)27/h3-15H,16H2,1-2H3,(H,24,27)(H,25,28). The van der Waals surface area contributed by atoms with Crippen molar-refractivity contribution in [3.8, 4) is 0 Å². The Bertz CT molecular complexity index is 1180. The van der Waals surface area contributed by atoms with Gasteiger partial charge in [0.25, 0.3) is 10.0 Å². The van der Waals surface area contributed by atoms with Gasteiger partial charge in [-0.25, -0.2) is 8.42 Å². The third-order valence-corrected chi connectivity index (χ3v) is 6.19. The highest BCUT2D eigenvalue weighted by Crippen LogP contribution is 2.24. The molecule has 7 nitrogen and oxygen atoms in total. The Morgan fingerprint density at radius 2 is 1.45 bits per heavy atom. The van der Waals surface area contributed by atoms with Gasteiger partial charge in [-0.3, -0.25) is 13.9 Å². The van der Waals surface area contributed by atoms with Crippen LogP contribution in [-0.4, -0.2) is 26.8 Å². The molecule has 0 unspecified atom stereocenters. The lowest BCUT2D eigenvalue weighted by molar-refractivity contribution is -0.115. The molecular formula is C23H23N3O4S. The highest BCUT2D eigenvalue weighted by molar-refractivity contribution is 7.92. The Morgan fingerprint density at radius 1 is 0.839 bits per heavy atom. The molecule has 0 radical (unpaired) electrons. The van der Waals surface area contributed by atoms with Crippen LogP contribution in [0.25, 0.3) is 0 Å². The fourth-order valence-corrected chi connectivity index (χ4v) is 4.42. The summed E-state index contributed by atoms with van der Waals surface area (Å²) in [4.78, 5) is 24.0. The van der Waals surface area contributed by atoms with Crippen molar-refractivity contribution >= 4 is 38.9 Å². The quantitative estimate of drug-likeness (QED) is 0.588. The molecule has 31 heavy (non-hydrogen) atoms. The summed E-state index contributed by atoms with van der Waals surface area (Å²) in [6.07, 6.45) is 0. The van der Waals surface area contributed by atoms with Crippen molar-refractivity contribution in [3.05, 3.63) is 84.4 Å². The minimum atomic E-state index is -3.95. The van der Waals surface area contributed by atoms with Crippen molar-refractivity contribution in [1.29, 1.82) is 0 Å². The number of sulfonamides is 1. The van der Waals surface area contributed by atoms with Gasteiger partial charge in [0.15, 0.2) is 0 Å². The Hall–Kier alpha value is -3.65. The molecule has 8 heteroatoms. The van der Waals surface area contributed by atoms with E-state index in [0.717, 1.165) is 9.87 Å². The van der Waals surface area contributed by atoms with Gasteiger partial charge in [-0.1, -0.05) is 30.3 Å². The van der Waals surface area contributed by atoms with Gasteiger partial charge in [0.2, 0.25) is 11.8 Å². The van der Waals surface area contributed by atoms with Gasteiger partial charge >= 0.3 is 0 Å². The fraction of sp³-hybridized carbons (Fsp3) is 0.130. The monoisotopic (exact) mass is 437 g/mol. The largest absolute Gasteiger partial charge is 0.326 e. The second-order valence-corrected chi connectivity index (χ2v) is 8.83. The number of carbonyl (C=O) groups is 2. The zero-order valence-electron chi connectivity index (χ0n) is 17.2. The van der Waals surface area contributed by atoms with E-state index >= 15 is 0 Å². The predicted molar refractivity (Wildman–Crippen MR) is 122 cm³/mol. The first-order valence-electron chi connectivity index (χ1n) is 9.58. The average Bonchev–Trinajstić information content (AvgIpc) is 2.73. The van der Waals surface area contributed by atoms with Gasteiger partial charge in [-0.05, 0) is 61.0 Å². The smallest absolute Gasteiger partial charge is 0.264 e. The molecule has 0 aromatic heterocycles. The van der Waals surface area contributed by atoms with Crippen molar-refractivity contribution in [3.63, 3.8) is 0 Å². The molecule has 0 heterocycles. The third kappa shape index (κ3) is 5.70. The molecule has 0 atom stereocenters. The van der Waals surface area contributed by atoms with Crippen LogP contribution in [0.5, 0.6) is 0 Å². The van der Waals surface area contributed by atoms with Crippen LogP contribution in [0.2, 0.25) is 0 Å². The lowest BCUT2D eigenvalue weighted by atomic mass is 10.2. The number of carbonyl (C=O) groups excluding carboxylic acids is 2. The van der Waals surface area contributed by atoms with Gasteiger partial charge in [-0.15, -0.1) is 0 Å². The summed E-state index contributed by atoms with van der Waals surface area (Å²) in [7, 11) is -3.95. The topological polar surface area (TPSA) is 95.6 Å². The molecule has 0 aliphatic rings. The molecule has 2 N–H and O–H groups in total. The zero-order valence-corrected chi connectivity index (χ0v) is 18.0. The van der Waals surface area contributed by atoms with Crippen LogP contribution in [0.3, 0.4) is 0 Å². The van der Waals surface area contributed by atoms with E-state index in [1.54, 1.807) is 60.7 Å². The number of nitrogens with one attached hydrogen (secondary N) is 2. The molecule has 0 fully saturated rings. The van der Waals surface area contributed by atoms with Crippen molar-refractivity contribution in [2.24, 2.45) is 0 Å². The highest BCUT2D eigenvalue weighted by atomic mass is 32.2. The van der Waals surface area contributed by atoms with E-state index in [2.05, 4.69) is 10.6 Å². The zero-order chi connectivity index (χ0) is 22.4. The lowest BCUT2D eigenvalue weighted by Gasteiger charge is -2.24. The van der Waals surface area contributed by atoms with E-state index in [1.165, 1.54) is 19.1 Å². The van der Waals surface area contributed by atoms with Crippen LogP contribution < -0.4 is 14.9 Å². The van der Waals surface area contributed by atoms with Crippen LogP contribution in [-0.2, 0) is 19.6 Å². The molecule has 3 aromatic rings. The summed E-state index contributed by atoms with van der Waals surface area (Å²) >= 11 is 0. The van der Waals surface area contributed by atoms with E-state index in [1.807, 2.05) is 13.0 Å². The molecule has 160 valence electrons. The minimum Gasteiger partial charge on any atom is -0.326 e. The number of amides is 2. The van der Waals surface area contributed by atoms with Gasteiger partial charge in [0.1, 0.15) is 6.54 Å². The summed E-state index contributed by atoms with van der Waals surface area (Å²) in [5.41, 5.74) is 2.36. The molecule has 0 aliphatic heterocycles. The molecule has 3 aromatic carbocycles. The number of benzene rings is 3. The Morgan fingerprint density at radius 3 is 2.03 bits per heavy atom. The van der Waals surface area contributed by atoms with Gasteiger partial charge in [0, 0.05) is 18.3 Å². The number of anilines is 3. The summed E-state index contributed by atoms with van der Waals surface area (Å²) in [6, 6.07) is 21.5. The molecule has 2 amide bonds. The Labute approximate surface area is 181 Å². The van der Waals surface area contributed by atoms with Crippen LogP contribution >= 0.6 is 0 Å². The van der Waals surface area contributed by atoms with Gasteiger partial charge in [0.05, 0.1) is 10.6 Å². The van der Waals surface area contributed by atoms with Crippen LogP contribution in [0.1, 0.15) is 12.5 Å². The first-order valence-corrected chi connectivity index (χ1v) is 11.0. The number of hydrogen-bond donors (Lipinski definition) is 2. The van der Waals surface area contributed by atoms with Crippen LogP contribution in [0, 0.1) is 6.92 Å². The normalized spacial score (nSPS) is 10.9. The van der Waals surface area contributed by atoms with E-state index < -0.39 is 22.5 Å². The average molecular weight is 438 g/mol. The van der Waals surface area contributed by atoms with Crippen LogP contribution in [0.4, 0.5) is 17.1 Å². The summed E-state index contributed by atoms with van der Waals surface area (Å²) < 4.78 is 27.7. The number of aryl methyl sites for hydroxylation is 1. The Kier molecular flexibility index (Phi) is 6.71. The van der Waals surface area contributed by atoms with E-state index in [9.17, 15) is 18.0 Å². The molecule has 0 aliphatic carbocycles. The number of nitrogens with zero attached hydrogens (tertiary/aromatic N) is 1. The van der Waals surface area contributed by atoms with E-state index in [-0.39, 0.29) is 10.8 Å². The molecule has 0 saturated heterocycles. The fourth-order valence-electron chi connectivity index (χ4n) is 2.99. The minimum absolute atomic E-state index is 0.101. The van der Waals surface area contributed by atoms with Crippen molar-refractivity contribution in [2.45, 2.75) is 18.7 Å². The van der Waals surface area contributed by atoms with Gasteiger partial charge in [-0.2, -0.15) is 0 Å². The van der Waals surface area contributed by atoms with Crippen molar-refractivity contribution < 1.29 is 18.0 Å². The summed E-state index contributed by atoms with van der Waals surface area (Å²) in [5, 5.41) is 5.35. The second-order valence-electron chi connectivity index (χ2n) is 6.97. The highest BCUT2D eigenvalue weighted by Gasteiger charge is 2.27. The summed E-state index contributed by atoms with van der Waals surface area (Å²) in [6.45, 7) is 2.87. The van der Waals surface area contributed by atoms with Crippen molar-refractivity contribution in [1.82, 2.24) is 0 Å². The lowest BCUT2D eigenvalue weighted by Crippen LogP contribution is -2.38. The molecule has 0 saturated carbocycles. The second kappa shape index (κ2) is 9.44. The molecule has 0 bridgehead atoms. The molecule has 3 rings (SSSR count). The van der Waals surface area contributed by atoms with Crippen molar-refractivity contribution in [2.75, 3.05) is 21.5 Å². The maximum Gasteiger partial charge on any atom is 0.264 e.